The Hall–Kier alpha value is -1.55. The van der Waals surface area contributed by atoms with Crippen LogP contribution in [-0.4, -0.2) is 29.4 Å². The smallest absolute Gasteiger partial charge is 0.338 e. The van der Waals surface area contributed by atoms with Crippen molar-refractivity contribution in [1.29, 1.82) is 0 Å². The van der Waals surface area contributed by atoms with Crippen LogP contribution in [-0.2, 0) is 4.79 Å². The van der Waals surface area contributed by atoms with Crippen molar-refractivity contribution in [3.8, 4) is 0 Å². The molecule has 0 radical (unpaired) electrons. The summed E-state index contributed by atoms with van der Waals surface area (Å²) >= 11 is 5.76. The Bertz CT molecular complexity index is 501. The Kier molecular flexibility index (Phi) is 3.57. The van der Waals surface area contributed by atoms with Crippen LogP contribution in [0, 0.1) is 12.8 Å². The molecule has 1 aliphatic rings. The van der Waals surface area contributed by atoms with Gasteiger partial charge in [-0.3, -0.25) is 4.79 Å². The maximum absolute atomic E-state index is 11.9. The van der Waals surface area contributed by atoms with E-state index in [0.29, 0.717) is 30.1 Å². The van der Waals surface area contributed by atoms with Gasteiger partial charge in [0.05, 0.1) is 11.3 Å². The van der Waals surface area contributed by atoms with E-state index in [1.165, 1.54) is 4.90 Å². The van der Waals surface area contributed by atoms with Crippen LogP contribution in [0.3, 0.4) is 0 Å². The van der Waals surface area contributed by atoms with Gasteiger partial charge < -0.3 is 10.0 Å². The number of rotatable bonds is 3. The second-order valence-electron chi connectivity index (χ2n) is 4.50. The fraction of sp³-hybridized carbons (Fsp3) is 0.385. The second kappa shape index (κ2) is 4.98. The van der Waals surface area contributed by atoms with Gasteiger partial charge in [0.15, 0.2) is 0 Å². The Labute approximate surface area is 110 Å². The van der Waals surface area contributed by atoms with Crippen molar-refractivity contribution in [2.24, 2.45) is 5.92 Å². The van der Waals surface area contributed by atoms with Crippen molar-refractivity contribution >= 4 is 29.2 Å². The topological polar surface area (TPSA) is 57.6 Å². The number of aromatic carboxylic acids is 1. The second-order valence-corrected chi connectivity index (χ2v) is 4.81. The number of aryl methyl sites for hydroxylation is 1. The molecule has 1 atom stereocenters. The first-order valence-electron chi connectivity index (χ1n) is 5.73. The molecular weight excluding hydrogens is 254 g/mol. The van der Waals surface area contributed by atoms with Gasteiger partial charge in [0.25, 0.3) is 0 Å². The molecule has 1 amide bonds. The minimum Gasteiger partial charge on any atom is -0.478 e. The first kappa shape index (κ1) is 12.9. The first-order valence-corrected chi connectivity index (χ1v) is 6.27. The van der Waals surface area contributed by atoms with Gasteiger partial charge in [0.2, 0.25) is 5.91 Å². The van der Waals surface area contributed by atoms with Gasteiger partial charge >= 0.3 is 5.97 Å². The molecule has 5 heteroatoms. The van der Waals surface area contributed by atoms with Crippen LogP contribution in [0.25, 0.3) is 0 Å². The lowest BCUT2D eigenvalue weighted by molar-refractivity contribution is -0.117. The molecule has 1 fully saturated rings. The van der Waals surface area contributed by atoms with Gasteiger partial charge in [0.1, 0.15) is 0 Å². The van der Waals surface area contributed by atoms with Crippen LogP contribution in [0.5, 0.6) is 0 Å². The van der Waals surface area contributed by atoms with Crippen LogP contribution in [0.2, 0.25) is 0 Å². The highest BCUT2D eigenvalue weighted by Crippen LogP contribution is 2.30. The number of carboxylic acids is 1. The zero-order chi connectivity index (χ0) is 13.3. The fourth-order valence-corrected chi connectivity index (χ4v) is 2.48. The van der Waals surface area contributed by atoms with Crippen molar-refractivity contribution in [1.82, 2.24) is 0 Å². The lowest BCUT2D eigenvalue weighted by Gasteiger charge is -2.19. The zero-order valence-corrected chi connectivity index (χ0v) is 10.8. The zero-order valence-electron chi connectivity index (χ0n) is 10.0. The van der Waals surface area contributed by atoms with Crippen molar-refractivity contribution in [3.05, 3.63) is 29.3 Å². The number of halogens is 1. The average Bonchev–Trinajstić information content (AvgIpc) is 2.69. The molecule has 1 aromatic carbocycles. The molecule has 0 saturated carbocycles. The Morgan fingerprint density at radius 3 is 2.83 bits per heavy atom. The molecule has 0 bridgehead atoms. The molecule has 0 aliphatic carbocycles. The lowest BCUT2D eigenvalue weighted by atomic mass is 10.1. The molecular formula is C13H14ClNO3. The molecule has 1 unspecified atom stereocenters. The van der Waals surface area contributed by atoms with E-state index in [9.17, 15) is 14.7 Å². The largest absolute Gasteiger partial charge is 0.478 e. The maximum atomic E-state index is 11.9. The van der Waals surface area contributed by atoms with Gasteiger partial charge in [-0.2, -0.15) is 0 Å². The van der Waals surface area contributed by atoms with Gasteiger partial charge in [0, 0.05) is 18.8 Å². The Balaban J connectivity index is 2.43. The molecule has 96 valence electrons. The molecule has 1 saturated heterocycles. The maximum Gasteiger partial charge on any atom is 0.338 e. The Morgan fingerprint density at radius 2 is 2.28 bits per heavy atom. The SMILES string of the molecule is Cc1cccc(N2CC(CCl)CC2=O)c1C(=O)O. The van der Waals surface area contributed by atoms with Crippen LogP contribution >= 0.6 is 11.6 Å². The van der Waals surface area contributed by atoms with Crippen LogP contribution in [0.15, 0.2) is 18.2 Å². The van der Waals surface area contributed by atoms with E-state index in [2.05, 4.69) is 0 Å². The summed E-state index contributed by atoms with van der Waals surface area (Å²) in [5, 5.41) is 9.25. The van der Waals surface area contributed by atoms with Gasteiger partial charge in [-0.15, -0.1) is 11.6 Å². The standard InChI is InChI=1S/C13H14ClNO3/c1-8-3-2-4-10(12(8)13(17)18)15-7-9(6-14)5-11(15)16/h2-4,9H,5-7H2,1H3,(H,17,18). The quantitative estimate of drug-likeness (QED) is 0.855. The van der Waals surface area contributed by atoms with Crippen molar-refractivity contribution in [2.45, 2.75) is 13.3 Å². The number of hydrogen-bond donors (Lipinski definition) is 1. The number of carbonyl (C=O) groups excluding carboxylic acids is 1. The highest BCUT2D eigenvalue weighted by atomic mass is 35.5. The molecule has 1 aromatic rings. The first-order chi connectivity index (χ1) is 8.54. The number of alkyl halides is 1. The molecule has 1 heterocycles. The summed E-state index contributed by atoms with van der Waals surface area (Å²) in [6.45, 7) is 2.22. The van der Waals surface area contributed by atoms with E-state index in [4.69, 9.17) is 11.6 Å². The molecule has 18 heavy (non-hydrogen) atoms. The predicted molar refractivity (Wildman–Crippen MR) is 69.3 cm³/mol. The molecule has 0 spiro atoms. The number of carbonyl (C=O) groups is 2. The van der Waals surface area contributed by atoms with E-state index in [-0.39, 0.29) is 17.4 Å². The Morgan fingerprint density at radius 1 is 1.56 bits per heavy atom. The summed E-state index contributed by atoms with van der Waals surface area (Å²) in [6.07, 6.45) is 0.385. The predicted octanol–water partition coefficient (Wildman–Crippen LogP) is 2.28. The average molecular weight is 268 g/mol. The van der Waals surface area contributed by atoms with E-state index < -0.39 is 5.97 Å². The van der Waals surface area contributed by atoms with Crippen molar-refractivity contribution < 1.29 is 14.7 Å². The molecule has 1 N–H and O–H groups in total. The number of nitrogens with zero attached hydrogens (tertiary/aromatic N) is 1. The fourth-order valence-electron chi connectivity index (χ4n) is 2.27. The van der Waals surface area contributed by atoms with Crippen LogP contribution < -0.4 is 4.90 Å². The summed E-state index contributed by atoms with van der Waals surface area (Å²) < 4.78 is 0. The van der Waals surface area contributed by atoms with Gasteiger partial charge in [-0.05, 0) is 24.5 Å². The summed E-state index contributed by atoms with van der Waals surface area (Å²) in [4.78, 5) is 24.7. The minimum absolute atomic E-state index is 0.0613. The van der Waals surface area contributed by atoms with Gasteiger partial charge in [-0.25, -0.2) is 4.79 Å². The van der Waals surface area contributed by atoms with Gasteiger partial charge in [-0.1, -0.05) is 12.1 Å². The number of benzene rings is 1. The number of carboxylic acid groups (broad SMARTS) is 1. The number of hydrogen-bond acceptors (Lipinski definition) is 2. The summed E-state index contributed by atoms with van der Waals surface area (Å²) in [6, 6.07) is 5.16. The molecule has 1 aliphatic heterocycles. The van der Waals surface area contributed by atoms with E-state index in [0.717, 1.165) is 0 Å². The van der Waals surface area contributed by atoms with Crippen LogP contribution in [0.1, 0.15) is 22.3 Å². The number of anilines is 1. The monoisotopic (exact) mass is 267 g/mol. The summed E-state index contributed by atoms with van der Waals surface area (Å²) in [7, 11) is 0. The highest BCUT2D eigenvalue weighted by molar-refractivity contribution is 6.18. The van der Waals surface area contributed by atoms with Crippen molar-refractivity contribution in [2.75, 3.05) is 17.3 Å². The molecule has 4 nitrogen and oxygen atoms in total. The third kappa shape index (κ3) is 2.20. The van der Waals surface area contributed by atoms with E-state index in [1.54, 1.807) is 25.1 Å². The van der Waals surface area contributed by atoms with E-state index >= 15 is 0 Å². The van der Waals surface area contributed by atoms with Crippen molar-refractivity contribution in [3.63, 3.8) is 0 Å². The molecule has 2 rings (SSSR count). The molecule has 0 aromatic heterocycles. The van der Waals surface area contributed by atoms with E-state index in [1.807, 2.05) is 0 Å². The summed E-state index contributed by atoms with van der Waals surface area (Å²) in [5.74, 6) is -0.559. The lowest BCUT2D eigenvalue weighted by Crippen LogP contribution is -2.27. The normalized spacial score (nSPS) is 19.3. The van der Waals surface area contributed by atoms with Crippen LogP contribution in [0.4, 0.5) is 5.69 Å². The third-order valence-electron chi connectivity index (χ3n) is 3.18. The summed E-state index contributed by atoms with van der Waals surface area (Å²) in [5.41, 5.74) is 1.32. The minimum atomic E-state index is -1.01. The highest BCUT2D eigenvalue weighted by Gasteiger charge is 2.32. The third-order valence-corrected chi connectivity index (χ3v) is 3.62. The number of amides is 1.